The molecule has 1 aliphatic heterocycles. The predicted molar refractivity (Wildman–Crippen MR) is 124 cm³/mol. The summed E-state index contributed by atoms with van der Waals surface area (Å²) in [6.07, 6.45) is 3.82. The van der Waals surface area contributed by atoms with Crippen LogP contribution in [0.5, 0.6) is 11.5 Å². The quantitative estimate of drug-likeness (QED) is 0.490. The second-order valence-corrected chi connectivity index (χ2v) is 9.20. The number of ketones is 1. The van der Waals surface area contributed by atoms with Crippen molar-refractivity contribution in [2.75, 3.05) is 26.3 Å². The molecule has 1 aliphatic carbocycles. The number of likely N-dealkylation sites (tertiary alicyclic amines) is 1. The van der Waals surface area contributed by atoms with E-state index in [-0.39, 0.29) is 22.5 Å². The largest absolute Gasteiger partial charge is 0.490 e. The average Bonchev–Trinajstić information content (AvgIpc) is 3.07. The van der Waals surface area contributed by atoms with Crippen molar-refractivity contribution < 1.29 is 18.7 Å². The number of hydrogen-bond acceptors (Lipinski definition) is 4. The van der Waals surface area contributed by atoms with Gasteiger partial charge in [-0.2, -0.15) is 0 Å². The number of hydrogen-bond donors (Lipinski definition) is 0. The van der Waals surface area contributed by atoms with Crippen molar-refractivity contribution in [3.63, 3.8) is 0 Å². The van der Waals surface area contributed by atoms with Gasteiger partial charge in [0.1, 0.15) is 5.82 Å². The van der Waals surface area contributed by atoms with E-state index in [1.54, 1.807) is 6.07 Å². The van der Waals surface area contributed by atoms with Crippen molar-refractivity contribution in [1.82, 2.24) is 4.90 Å². The molecule has 2 aromatic carbocycles. The Morgan fingerprint density at radius 1 is 1.06 bits per heavy atom. The lowest BCUT2D eigenvalue weighted by Gasteiger charge is -2.33. The fraction of sp³-hybridized carbons (Fsp3) is 0.500. The molecular weight excluding hydrogens is 429 g/mol. The van der Waals surface area contributed by atoms with Gasteiger partial charge in [0, 0.05) is 18.0 Å². The Morgan fingerprint density at radius 3 is 2.41 bits per heavy atom. The van der Waals surface area contributed by atoms with Gasteiger partial charge in [-0.1, -0.05) is 17.7 Å². The SMILES string of the molecule is CCOc1cc2c(cc1OCC)C(=O)C(CC1CCN(Cc3ccc(Cl)c(F)c3)CC1)C2. The average molecular weight is 460 g/mol. The number of rotatable bonds is 8. The standard InChI is InChI=1S/C26H31ClFNO3/c1-3-31-24-14-19-13-20(26(30)21(19)15-25(24)32-4-2)11-17-7-9-29(10-8-17)16-18-5-6-22(27)23(28)12-18/h5-6,12,14-15,17,20H,3-4,7-11,13,16H2,1-2H3. The number of carbonyl (C=O) groups is 1. The summed E-state index contributed by atoms with van der Waals surface area (Å²) >= 11 is 5.79. The summed E-state index contributed by atoms with van der Waals surface area (Å²) < 4.78 is 25.2. The van der Waals surface area contributed by atoms with E-state index >= 15 is 0 Å². The van der Waals surface area contributed by atoms with Gasteiger partial charge in [-0.25, -0.2) is 4.39 Å². The van der Waals surface area contributed by atoms with E-state index in [2.05, 4.69) is 4.90 Å². The maximum Gasteiger partial charge on any atom is 0.166 e. The molecule has 2 aliphatic rings. The Hall–Kier alpha value is -2.11. The third-order valence-corrected chi connectivity index (χ3v) is 6.89. The Morgan fingerprint density at radius 2 is 1.75 bits per heavy atom. The minimum atomic E-state index is -0.363. The molecule has 0 N–H and O–H groups in total. The molecule has 4 nitrogen and oxygen atoms in total. The zero-order valence-electron chi connectivity index (χ0n) is 18.8. The second-order valence-electron chi connectivity index (χ2n) is 8.79. The summed E-state index contributed by atoms with van der Waals surface area (Å²) in [7, 11) is 0. The fourth-order valence-electron chi connectivity index (χ4n) is 4.98. The number of carbonyl (C=O) groups excluding carboxylic acids is 1. The van der Waals surface area contributed by atoms with Crippen LogP contribution in [0, 0.1) is 17.7 Å². The second kappa shape index (κ2) is 10.2. The van der Waals surface area contributed by atoms with Crippen molar-refractivity contribution in [3.8, 4) is 11.5 Å². The molecule has 0 spiro atoms. The van der Waals surface area contributed by atoms with Gasteiger partial charge in [0.2, 0.25) is 0 Å². The van der Waals surface area contributed by atoms with Crippen molar-refractivity contribution >= 4 is 17.4 Å². The molecule has 0 bridgehead atoms. The Kier molecular flexibility index (Phi) is 7.37. The van der Waals surface area contributed by atoms with Crippen molar-refractivity contribution in [3.05, 3.63) is 57.9 Å². The molecular formula is C26H31ClFNO3. The molecule has 1 heterocycles. The van der Waals surface area contributed by atoms with E-state index in [1.807, 2.05) is 32.0 Å². The summed E-state index contributed by atoms with van der Waals surface area (Å²) in [5.41, 5.74) is 2.82. The molecule has 1 saturated heterocycles. The van der Waals surface area contributed by atoms with Gasteiger partial charge in [-0.3, -0.25) is 9.69 Å². The summed E-state index contributed by atoms with van der Waals surface area (Å²) in [6.45, 7) is 7.65. The Balaban J connectivity index is 1.34. The van der Waals surface area contributed by atoms with E-state index in [1.165, 1.54) is 6.07 Å². The first-order valence-corrected chi connectivity index (χ1v) is 12.0. The minimum absolute atomic E-state index is 0.0401. The van der Waals surface area contributed by atoms with Crippen LogP contribution in [0.1, 0.15) is 54.6 Å². The maximum atomic E-state index is 13.7. The molecule has 6 heteroatoms. The highest BCUT2D eigenvalue weighted by molar-refractivity contribution is 6.30. The first-order valence-electron chi connectivity index (χ1n) is 11.6. The number of benzene rings is 2. The molecule has 4 rings (SSSR count). The van der Waals surface area contributed by atoms with Crippen molar-refractivity contribution in [2.24, 2.45) is 11.8 Å². The normalized spacial score (nSPS) is 19.2. The zero-order chi connectivity index (χ0) is 22.7. The Bertz CT molecular complexity index is 972. The fourth-order valence-corrected chi connectivity index (χ4v) is 5.10. The summed E-state index contributed by atoms with van der Waals surface area (Å²) in [6, 6.07) is 8.90. The third-order valence-electron chi connectivity index (χ3n) is 6.59. The molecule has 0 saturated carbocycles. The molecule has 1 unspecified atom stereocenters. The predicted octanol–water partition coefficient (Wildman–Crippen LogP) is 5.93. The summed E-state index contributed by atoms with van der Waals surface area (Å²) in [5, 5.41) is 0.163. The van der Waals surface area contributed by atoms with Gasteiger partial charge in [0.25, 0.3) is 0 Å². The van der Waals surface area contributed by atoms with Crippen LogP contribution in [0.4, 0.5) is 4.39 Å². The van der Waals surface area contributed by atoms with Crippen LogP contribution in [0.25, 0.3) is 0 Å². The van der Waals surface area contributed by atoms with Crippen molar-refractivity contribution in [1.29, 1.82) is 0 Å². The first kappa shape index (κ1) is 23.1. The van der Waals surface area contributed by atoms with Gasteiger partial charge in [0.05, 0.1) is 18.2 Å². The number of halogens is 2. The molecule has 172 valence electrons. The van der Waals surface area contributed by atoms with Crippen LogP contribution in [0.15, 0.2) is 30.3 Å². The van der Waals surface area contributed by atoms with E-state index in [9.17, 15) is 9.18 Å². The summed E-state index contributed by atoms with van der Waals surface area (Å²) in [4.78, 5) is 15.5. The molecule has 1 fully saturated rings. The molecule has 2 aromatic rings. The summed E-state index contributed by atoms with van der Waals surface area (Å²) in [5.74, 6) is 1.84. The lowest BCUT2D eigenvalue weighted by molar-refractivity contribution is 0.0895. The monoisotopic (exact) mass is 459 g/mol. The van der Waals surface area contributed by atoms with Gasteiger partial charge >= 0.3 is 0 Å². The van der Waals surface area contributed by atoms with Gasteiger partial charge in [0.15, 0.2) is 17.3 Å². The molecule has 0 amide bonds. The number of nitrogens with zero attached hydrogens (tertiary/aromatic N) is 1. The van der Waals surface area contributed by atoms with Crippen LogP contribution in [0.2, 0.25) is 5.02 Å². The van der Waals surface area contributed by atoms with Crippen LogP contribution >= 0.6 is 11.6 Å². The number of Topliss-reactive ketones (excluding diaryl/α,β-unsaturated/α-hetero) is 1. The molecule has 0 aromatic heterocycles. The van der Waals surface area contributed by atoms with E-state index in [4.69, 9.17) is 21.1 Å². The highest BCUT2D eigenvalue weighted by Crippen LogP contribution is 2.40. The van der Waals surface area contributed by atoms with Crippen LogP contribution in [0.3, 0.4) is 0 Å². The number of ether oxygens (including phenoxy) is 2. The molecule has 0 radical (unpaired) electrons. The van der Waals surface area contributed by atoms with Gasteiger partial charge in [-0.15, -0.1) is 0 Å². The maximum absolute atomic E-state index is 13.7. The minimum Gasteiger partial charge on any atom is -0.490 e. The Labute approximate surface area is 194 Å². The molecule has 32 heavy (non-hydrogen) atoms. The van der Waals surface area contributed by atoms with E-state index in [0.717, 1.165) is 67.8 Å². The highest BCUT2D eigenvalue weighted by atomic mass is 35.5. The van der Waals surface area contributed by atoms with E-state index in [0.29, 0.717) is 24.9 Å². The van der Waals surface area contributed by atoms with Crippen LogP contribution in [-0.4, -0.2) is 37.0 Å². The van der Waals surface area contributed by atoms with Gasteiger partial charge in [-0.05, 0) is 93.9 Å². The number of piperidine rings is 1. The lowest BCUT2D eigenvalue weighted by Crippen LogP contribution is -2.34. The van der Waals surface area contributed by atoms with Crippen LogP contribution in [-0.2, 0) is 13.0 Å². The third kappa shape index (κ3) is 5.10. The lowest BCUT2D eigenvalue weighted by atomic mass is 9.85. The van der Waals surface area contributed by atoms with Gasteiger partial charge < -0.3 is 9.47 Å². The number of fused-ring (bicyclic) bond motifs is 1. The van der Waals surface area contributed by atoms with Crippen LogP contribution < -0.4 is 9.47 Å². The van der Waals surface area contributed by atoms with Crippen molar-refractivity contribution in [2.45, 2.75) is 46.1 Å². The zero-order valence-corrected chi connectivity index (χ0v) is 19.6. The first-order chi connectivity index (χ1) is 15.5. The highest BCUT2D eigenvalue weighted by Gasteiger charge is 2.34. The topological polar surface area (TPSA) is 38.8 Å². The smallest absolute Gasteiger partial charge is 0.166 e. The molecule has 1 atom stereocenters. The van der Waals surface area contributed by atoms with E-state index < -0.39 is 0 Å².